The molecule has 0 heterocycles. The highest BCUT2D eigenvalue weighted by atomic mass is 15.0. The number of rotatable bonds is 4. The second-order valence-corrected chi connectivity index (χ2v) is 6.89. The predicted molar refractivity (Wildman–Crippen MR) is 78.9 cm³/mol. The van der Waals surface area contributed by atoms with Gasteiger partial charge >= 0.3 is 0 Å². The van der Waals surface area contributed by atoms with E-state index in [9.17, 15) is 0 Å². The second-order valence-electron chi connectivity index (χ2n) is 6.89. The first-order valence-electron chi connectivity index (χ1n) is 7.24. The van der Waals surface area contributed by atoms with Crippen LogP contribution in [0.1, 0.15) is 64.6 Å². The molecule has 0 amide bonds. The number of hydrogen-bond donors (Lipinski definition) is 1. The van der Waals surface area contributed by atoms with Gasteiger partial charge in [-0.1, -0.05) is 45.0 Å². The quantitative estimate of drug-likeness (QED) is 0.827. The molecule has 2 atom stereocenters. The van der Waals surface area contributed by atoms with Crippen LogP contribution in [0.4, 0.5) is 0 Å². The highest BCUT2D eigenvalue weighted by molar-refractivity contribution is 5.29. The van der Waals surface area contributed by atoms with Crippen molar-refractivity contribution in [2.45, 2.75) is 65.0 Å². The molecular formula is C17H27N. The highest BCUT2D eigenvalue weighted by Gasteiger charge is 2.28. The summed E-state index contributed by atoms with van der Waals surface area (Å²) in [4.78, 5) is 0. The maximum atomic E-state index is 3.72. The maximum Gasteiger partial charge on any atom is 0.0294 e. The Bertz CT molecular complexity index is 381. The van der Waals surface area contributed by atoms with Crippen molar-refractivity contribution in [3.63, 3.8) is 0 Å². The Balaban J connectivity index is 1.99. The molecule has 1 fully saturated rings. The first kappa shape index (κ1) is 13.6. The van der Waals surface area contributed by atoms with Crippen LogP contribution in [-0.2, 0) is 5.41 Å². The van der Waals surface area contributed by atoms with Gasteiger partial charge in [0.05, 0.1) is 0 Å². The zero-order chi connectivity index (χ0) is 13.3. The van der Waals surface area contributed by atoms with Crippen LogP contribution in [-0.4, -0.2) is 6.04 Å². The van der Waals surface area contributed by atoms with Gasteiger partial charge < -0.3 is 5.32 Å². The third-order valence-electron chi connectivity index (χ3n) is 4.12. The Labute approximate surface area is 112 Å². The lowest BCUT2D eigenvalue weighted by atomic mass is 9.86. The zero-order valence-electron chi connectivity index (χ0n) is 12.5. The minimum Gasteiger partial charge on any atom is -0.307 e. The standard InChI is InChI=1S/C17H27N/c1-12(14-6-7-14)18-13(2)15-8-10-16(11-9-15)17(3,4)5/h8-14,18H,6-7H2,1-5H3. The average Bonchev–Trinajstić information content (AvgIpc) is 3.11. The van der Waals surface area contributed by atoms with Crippen molar-refractivity contribution < 1.29 is 0 Å². The summed E-state index contributed by atoms with van der Waals surface area (Å²) in [6.07, 6.45) is 2.81. The van der Waals surface area contributed by atoms with Gasteiger partial charge in [-0.3, -0.25) is 0 Å². The van der Waals surface area contributed by atoms with Gasteiger partial charge in [0.1, 0.15) is 0 Å². The molecule has 1 heteroatoms. The van der Waals surface area contributed by atoms with E-state index in [0.29, 0.717) is 12.1 Å². The summed E-state index contributed by atoms with van der Waals surface area (Å²) in [7, 11) is 0. The predicted octanol–water partition coefficient (Wildman–Crippen LogP) is 4.43. The Morgan fingerprint density at radius 3 is 2.06 bits per heavy atom. The van der Waals surface area contributed by atoms with Crippen molar-refractivity contribution >= 4 is 0 Å². The second kappa shape index (κ2) is 5.05. The van der Waals surface area contributed by atoms with E-state index in [-0.39, 0.29) is 5.41 Å². The topological polar surface area (TPSA) is 12.0 Å². The Hall–Kier alpha value is -0.820. The molecular weight excluding hydrogens is 218 g/mol. The molecule has 1 aliphatic carbocycles. The molecule has 0 saturated heterocycles. The Morgan fingerprint density at radius 2 is 1.61 bits per heavy atom. The van der Waals surface area contributed by atoms with Gasteiger partial charge in [0.15, 0.2) is 0 Å². The van der Waals surface area contributed by atoms with E-state index >= 15 is 0 Å². The van der Waals surface area contributed by atoms with Crippen LogP contribution in [0.25, 0.3) is 0 Å². The van der Waals surface area contributed by atoms with Crippen LogP contribution < -0.4 is 5.32 Å². The summed E-state index contributed by atoms with van der Waals surface area (Å²) < 4.78 is 0. The number of hydrogen-bond acceptors (Lipinski definition) is 1. The lowest BCUT2D eigenvalue weighted by molar-refractivity contribution is 0.441. The molecule has 1 aromatic carbocycles. The van der Waals surface area contributed by atoms with Gasteiger partial charge in [0.2, 0.25) is 0 Å². The van der Waals surface area contributed by atoms with E-state index in [1.807, 2.05) is 0 Å². The van der Waals surface area contributed by atoms with Gasteiger partial charge in [0, 0.05) is 12.1 Å². The lowest BCUT2D eigenvalue weighted by Crippen LogP contribution is -2.30. The fourth-order valence-corrected chi connectivity index (χ4v) is 2.49. The van der Waals surface area contributed by atoms with Gasteiger partial charge in [-0.2, -0.15) is 0 Å². The fourth-order valence-electron chi connectivity index (χ4n) is 2.49. The minimum absolute atomic E-state index is 0.247. The van der Waals surface area contributed by atoms with Gasteiger partial charge in [-0.15, -0.1) is 0 Å². The van der Waals surface area contributed by atoms with Crippen molar-refractivity contribution in [1.82, 2.24) is 5.32 Å². The molecule has 100 valence electrons. The lowest BCUT2D eigenvalue weighted by Gasteiger charge is -2.22. The minimum atomic E-state index is 0.247. The zero-order valence-corrected chi connectivity index (χ0v) is 12.5. The molecule has 2 rings (SSSR count). The summed E-state index contributed by atoms with van der Waals surface area (Å²) in [6, 6.07) is 10.2. The van der Waals surface area contributed by atoms with E-state index in [1.54, 1.807) is 0 Å². The summed E-state index contributed by atoms with van der Waals surface area (Å²) in [5, 5.41) is 3.72. The number of nitrogens with one attached hydrogen (secondary N) is 1. The van der Waals surface area contributed by atoms with Crippen molar-refractivity contribution in [3.8, 4) is 0 Å². The summed E-state index contributed by atoms with van der Waals surface area (Å²) >= 11 is 0. The van der Waals surface area contributed by atoms with E-state index in [1.165, 1.54) is 24.0 Å². The van der Waals surface area contributed by atoms with Crippen LogP contribution >= 0.6 is 0 Å². The third kappa shape index (κ3) is 3.35. The number of benzene rings is 1. The smallest absolute Gasteiger partial charge is 0.0294 e. The summed E-state index contributed by atoms with van der Waals surface area (Å²) in [6.45, 7) is 11.4. The van der Waals surface area contributed by atoms with E-state index in [4.69, 9.17) is 0 Å². The fraction of sp³-hybridized carbons (Fsp3) is 0.647. The highest BCUT2D eigenvalue weighted by Crippen LogP contribution is 2.33. The Morgan fingerprint density at radius 1 is 1.06 bits per heavy atom. The van der Waals surface area contributed by atoms with E-state index in [2.05, 4.69) is 64.2 Å². The van der Waals surface area contributed by atoms with Crippen molar-refractivity contribution in [2.75, 3.05) is 0 Å². The SMILES string of the molecule is CC(NC(C)C1CC1)c1ccc(C(C)(C)C)cc1. The van der Waals surface area contributed by atoms with Crippen molar-refractivity contribution in [1.29, 1.82) is 0 Å². The van der Waals surface area contributed by atoms with E-state index in [0.717, 1.165) is 5.92 Å². The Kier molecular flexibility index (Phi) is 3.82. The first-order valence-corrected chi connectivity index (χ1v) is 7.24. The molecule has 1 nitrogen and oxygen atoms in total. The van der Waals surface area contributed by atoms with Gasteiger partial charge in [-0.25, -0.2) is 0 Å². The molecule has 0 bridgehead atoms. The van der Waals surface area contributed by atoms with E-state index < -0.39 is 0 Å². The molecule has 1 aromatic rings. The largest absolute Gasteiger partial charge is 0.307 e. The van der Waals surface area contributed by atoms with Crippen LogP contribution in [0, 0.1) is 5.92 Å². The molecule has 2 unspecified atom stereocenters. The molecule has 1 aliphatic rings. The van der Waals surface area contributed by atoms with Crippen LogP contribution in [0.5, 0.6) is 0 Å². The van der Waals surface area contributed by atoms with Crippen molar-refractivity contribution in [3.05, 3.63) is 35.4 Å². The molecule has 0 aromatic heterocycles. The normalized spacial score (nSPS) is 19.6. The first-order chi connectivity index (χ1) is 8.38. The molecule has 1 saturated carbocycles. The van der Waals surface area contributed by atoms with Gasteiger partial charge in [0.25, 0.3) is 0 Å². The van der Waals surface area contributed by atoms with Crippen LogP contribution in [0.3, 0.4) is 0 Å². The monoisotopic (exact) mass is 245 g/mol. The summed E-state index contributed by atoms with van der Waals surface area (Å²) in [5.74, 6) is 0.918. The molecule has 0 aliphatic heterocycles. The maximum absolute atomic E-state index is 3.72. The van der Waals surface area contributed by atoms with Crippen LogP contribution in [0.2, 0.25) is 0 Å². The van der Waals surface area contributed by atoms with Crippen molar-refractivity contribution in [2.24, 2.45) is 5.92 Å². The average molecular weight is 245 g/mol. The van der Waals surface area contributed by atoms with Crippen LogP contribution in [0.15, 0.2) is 24.3 Å². The molecule has 18 heavy (non-hydrogen) atoms. The molecule has 0 radical (unpaired) electrons. The van der Waals surface area contributed by atoms with Gasteiger partial charge in [-0.05, 0) is 49.1 Å². The molecule has 1 N–H and O–H groups in total. The molecule has 0 spiro atoms. The summed E-state index contributed by atoms with van der Waals surface area (Å²) in [5.41, 5.74) is 3.06. The third-order valence-corrected chi connectivity index (χ3v) is 4.12.